The van der Waals surface area contributed by atoms with E-state index in [0.717, 1.165) is 21.2 Å². The monoisotopic (exact) mass is 289 g/mol. The van der Waals surface area contributed by atoms with Gasteiger partial charge >= 0.3 is 5.97 Å². The molecule has 0 amide bonds. The molecule has 5 heteroatoms. The van der Waals surface area contributed by atoms with Gasteiger partial charge in [0.25, 0.3) is 0 Å². The number of aryl methyl sites for hydroxylation is 1. The number of methoxy groups -OCH3 is 1. The highest BCUT2D eigenvalue weighted by Gasteiger charge is 2.26. The van der Waals surface area contributed by atoms with Gasteiger partial charge in [0.2, 0.25) is 0 Å². The molecule has 102 valence electrons. The summed E-state index contributed by atoms with van der Waals surface area (Å²) in [6.45, 7) is 6.01. The van der Waals surface area contributed by atoms with Crippen LogP contribution >= 0.6 is 22.9 Å². The van der Waals surface area contributed by atoms with E-state index in [2.05, 4.69) is 0 Å². The zero-order valence-corrected chi connectivity index (χ0v) is 12.8. The molecule has 1 rings (SSSR count). The molecule has 1 heterocycles. The molecule has 1 unspecified atom stereocenters. The van der Waals surface area contributed by atoms with Crippen LogP contribution in [0.4, 0.5) is 0 Å². The van der Waals surface area contributed by atoms with Crippen molar-refractivity contribution in [3.8, 4) is 0 Å². The van der Waals surface area contributed by atoms with Crippen LogP contribution in [0.15, 0.2) is 6.07 Å². The molecule has 0 aliphatic heterocycles. The number of carbonyl (C=O) groups excluding carboxylic acids is 1. The highest BCUT2D eigenvalue weighted by Crippen LogP contribution is 2.37. The molecule has 0 spiro atoms. The maximum absolute atomic E-state index is 11.3. The van der Waals surface area contributed by atoms with Crippen molar-refractivity contribution in [2.24, 2.45) is 11.1 Å². The summed E-state index contributed by atoms with van der Waals surface area (Å²) in [7, 11) is 1.40. The maximum Gasteiger partial charge on any atom is 0.306 e. The van der Waals surface area contributed by atoms with Gasteiger partial charge in [0.05, 0.1) is 17.9 Å². The lowest BCUT2D eigenvalue weighted by Crippen LogP contribution is -2.24. The van der Waals surface area contributed by atoms with Gasteiger partial charge in [-0.3, -0.25) is 4.79 Å². The first-order valence-corrected chi connectivity index (χ1v) is 7.03. The first-order valence-electron chi connectivity index (χ1n) is 5.83. The normalized spacial score (nSPS) is 13.4. The summed E-state index contributed by atoms with van der Waals surface area (Å²) in [5.41, 5.74) is 7.05. The number of rotatable bonds is 5. The summed E-state index contributed by atoms with van der Waals surface area (Å²) in [6.07, 6.45) is 1.09. The second kappa shape index (κ2) is 6.04. The Morgan fingerprint density at radius 2 is 2.22 bits per heavy atom. The standard InChI is InChI=1S/C13H20ClNO2S/c1-8-5-10(18-12(8)14)9(15)6-13(2,3)7-11(16)17-4/h5,9H,6-7,15H2,1-4H3. The van der Waals surface area contributed by atoms with Crippen LogP contribution in [-0.2, 0) is 9.53 Å². The van der Waals surface area contributed by atoms with Crippen molar-refractivity contribution in [1.82, 2.24) is 0 Å². The highest BCUT2D eigenvalue weighted by atomic mass is 35.5. The van der Waals surface area contributed by atoms with E-state index in [-0.39, 0.29) is 17.4 Å². The third-order valence-electron chi connectivity index (χ3n) is 2.86. The van der Waals surface area contributed by atoms with E-state index in [1.165, 1.54) is 18.4 Å². The van der Waals surface area contributed by atoms with Crippen LogP contribution in [0.2, 0.25) is 4.34 Å². The number of nitrogens with two attached hydrogens (primary N) is 1. The number of hydrogen-bond acceptors (Lipinski definition) is 4. The topological polar surface area (TPSA) is 52.3 Å². The zero-order valence-electron chi connectivity index (χ0n) is 11.2. The Morgan fingerprint density at radius 3 is 2.67 bits per heavy atom. The van der Waals surface area contributed by atoms with Crippen LogP contribution < -0.4 is 5.73 Å². The fourth-order valence-corrected chi connectivity index (χ4v) is 3.12. The smallest absolute Gasteiger partial charge is 0.306 e. The molecule has 0 fully saturated rings. The van der Waals surface area contributed by atoms with Gasteiger partial charge in [0.15, 0.2) is 0 Å². The molecular formula is C13H20ClNO2S. The van der Waals surface area contributed by atoms with Gasteiger partial charge < -0.3 is 10.5 Å². The average molecular weight is 290 g/mol. The predicted octanol–water partition coefficient (Wildman–Crippen LogP) is 3.69. The van der Waals surface area contributed by atoms with E-state index in [0.29, 0.717) is 6.42 Å². The Balaban J connectivity index is 2.68. The number of ether oxygens (including phenoxy) is 1. The van der Waals surface area contributed by atoms with Crippen LogP contribution in [-0.4, -0.2) is 13.1 Å². The maximum atomic E-state index is 11.3. The fourth-order valence-electron chi connectivity index (χ4n) is 1.90. The van der Waals surface area contributed by atoms with E-state index in [9.17, 15) is 4.79 Å². The van der Waals surface area contributed by atoms with Gasteiger partial charge in [-0.15, -0.1) is 11.3 Å². The largest absolute Gasteiger partial charge is 0.469 e. The van der Waals surface area contributed by atoms with Crippen molar-refractivity contribution in [1.29, 1.82) is 0 Å². The number of hydrogen-bond donors (Lipinski definition) is 1. The Morgan fingerprint density at radius 1 is 1.61 bits per heavy atom. The molecule has 0 radical (unpaired) electrons. The number of esters is 1. The van der Waals surface area contributed by atoms with E-state index in [4.69, 9.17) is 22.1 Å². The minimum atomic E-state index is -0.201. The van der Waals surface area contributed by atoms with Crippen molar-refractivity contribution >= 4 is 28.9 Å². The molecule has 0 aliphatic rings. The lowest BCUT2D eigenvalue weighted by atomic mass is 9.82. The highest BCUT2D eigenvalue weighted by molar-refractivity contribution is 7.16. The van der Waals surface area contributed by atoms with Crippen molar-refractivity contribution in [2.45, 2.75) is 39.7 Å². The Bertz CT molecular complexity index is 409. The Kier molecular flexibility index (Phi) is 5.20. The van der Waals surface area contributed by atoms with Crippen LogP contribution in [0.5, 0.6) is 0 Å². The van der Waals surface area contributed by atoms with Gasteiger partial charge in [0.1, 0.15) is 0 Å². The Labute approximate surface area is 117 Å². The van der Waals surface area contributed by atoms with Crippen LogP contribution in [0.1, 0.15) is 43.2 Å². The third kappa shape index (κ3) is 4.26. The number of carbonyl (C=O) groups is 1. The molecule has 1 atom stereocenters. The van der Waals surface area contributed by atoms with Gasteiger partial charge in [-0.25, -0.2) is 0 Å². The zero-order chi connectivity index (χ0) is 13.9. The molecule has 0 saturated heterocycles. The predicted molar refractivity (Wildman–Crippen MR) is 76.0 cm³/mol. The van der Waals surface area contributed by atoms with Crippen molar-refractivity contribution < 1.29 is 9.53 Å². The van der Waals surface area contributed by atoms with Crippen LogP contribution in [0.3, 0.4) is 0 Å². The first-order chi connectivity index (χ1) is 8.25. The van der Waals surface area contributed by atoms with Crippen LogP contribution in [0, 0.1) is 12.3 Å². The molecule has 0 bridgehead atoms. The minimum absolute atomic E-state index is 0.0964. The van der Waals surface area contributed by atoms with Crippen molar-refractivity contribution in [2.75, 3.05) is 7.11 Å². The lowest BCUT2D eigenvalue weighted by molar-refractivity contribution is -0.143. The van der Waals surface area contributed by atoms with Gasteiger partial charge in [0, 0.05) is 10.9 Å². The summed E-state index contributed by atoms with van der Waals surface area (Å²) >= 11 is 7.55. The summed E-state index contributed by atoms with van der Waals surface area (Å²) in [4.78, 5) is 12.4. The fraction of sp³-hybridized carbons (Fsp3) is 0.615. The second-order valence-corrected chi connectivity index (χ2v) is 7.02. The summed E-state index contributed by atoms with van der Waals surface area (Å²) < 4.78 is 5.48. The van der Waals surface area contributed by atoms with Gasteiger partial charge in [-0.1, -0.05) is 25.4 Å². The van der Waals surface area contributed by atoms with Gasteiger partial charge in [-0.2, -0.15) is 0 Å². The summed E-state index contributed by atoms with van der Waals surface area (Å²) in [5.74, 6) is -0.201. The number of thiophene rings is 1. The number of halogens is 1. The average Bonchev–Trinajstić information content (AvgIpc) is 2.58. The lowest BCUT2D eigenvalue weighted by Gasteiger charge is -2.26. The van der Waals surface area contributed by atoms with Crippen molar-refractivity contribution in [3.63, 3.8) is 0 Å². The first kappa shape index (κ1) is 15.5. The minimum Gasteiger partial charge on any atom is -0.469 e. The molecule has 3 nitrogen and oxygen atoms in total. The Hall–Kier alpha value is -0.580. The molecule has 18 heavy (non-hydrogen) atoms. The van der Waals surface area contributed by atoms with E-state index >= 15 is 0 Å². The molecular weight excluding hydrogens is 270 g/mol. The summed E-state index contributed by atoms with van der Waals surface area (Å²) in [5, 5.41) is 0. The second-order valence-electron chi connectivity index (χ2n) is 5.33. The molecule has 0 aromatic carbocycles. The van der Waals surface area contributed by atoms with E-state index in [1.54, 1.807) is 0 Å². The van der Waals surface area contributed by atoms with E-state index in [1.807, 2.05) is 26.8 Å². The molecule has 0 saturated carbocycles. The van der Waals surface area contributed by atoms with Crippen LogP contribution in [0.25, 0.3) is 0 Å². The molecule has 0 aliphatic carbocycles. The molecule has 2 N–H and O–H groups in total. The summed E-state index contributed by atoms with van der Waals surface area (Å²) in [6, 6.07) is 1.92. The van der Waals surface area contributed by atoms with E-state index < -0.39 is 0 Å². The SMILES string of the molecule is COC(=O)CC(C)(C)CC(N)c1cc(C)c(Cl)s1. The molecule has 1 aromatic heterocycles. The quantitative estimate of drug-likeness (QED) is 0.841. The molecule has 1 aromatic rings. The van der Waals surface area contributed by atoms with Crippen molar-refractivity contribution in [3.05, 3.63) is 20.8 Å². The third-order valence-corrected chi connectivity index (χ3v) is 4.55. The van der Waals surface area contributed by atoms with Gasteiger partial charge in [-0.05, 0) is 30.4 Å².